The standard InChI is InChI=1S/C22H18FN3O2/c23-18-11-10-16(15-6-2-1-3-7-15)14-17(18)21(27)24-12-13-26-20-9-5-4-8-19(20)25-22(26)28/h1-11,14H,12-13H2,(H,24,27)(H,25,28). The third kappa shape index (κ3) is 3.44. The summed E-state index contributed by atoms with van der Waals surface area (Å²) in [6, 6.07) is 21.3. The number of rotatable bonds is 5. The number of amides is 1. The topological polar surface area (TPSA) is 66.9 Å². The minimum absolute atomic E-state index is 0.0207. The van der Waals surface area contributed by atoms with E-state index in [-0.39, 0.29) is 24.3 Å². The Morgan fingerprint density at radius 1 is 0.964 bits per heavy atom. The normalized spacial score (nSPS) is 10.9. The van der Waals surface area contributed by atoms with E-state index in [2.05, 4.69) is 10.3 Å². The molecule has 4 rings (SSSR count). The highest BCUT2D eigenvalue weighted by molar-refractivity contribution is 5.95. The first-order valence-corrected chi connectivity index (χ1v) is 8.94. The number of para-hydroxylation sites is 2. The van der Waals surface area contributed by atoms with Crippen molar-refractivity contribution >= 4 is 16.9 Å². The Morgan fingerprint density at radius 2 is 1.71 bits per heavy atom. The number of nitrogens with zero attached hydrogens (tertiary/aromatic N) is 1. The van der Waals surface area contributed by atoms with Crippen molar-refractivity contribution in [1.29, 1.82) is 0 Å². The molecule has 0 saturated heterocycles. The molecule has 0 fully saturated rings. The van der Waals surface area contributed by atoms with E-state index in [0.29, 0.717) is 0 Å². The number of nitrogens with one attached hydrogen (secondary N) is 2. The number of hydrogen-bond acceptors (Lipinski definition) is 2. The Morgan fingerprint density at radius 3 is 2.54 bits per heavy atom. The van der Waals surface area contributed by atoms with Crippen LogP contribution in [0.25, 0.3) is 22.2 Å². The molecule has 1 heterocycles. The van der Waals surface area contributed by atoms with E-state index >= 15 is 0 Å². The van der Waals surface area contributed by atoms with Crippen molar-refractivity contribution in [1.82, 2.24) is 14.9 Å². The van der Waals surface area contributed by atoms with Crippen LogP contribution < -0.4 is 11.0 Å². The van der Waals surface area contributed by atoms with Crippen LogP contribution in [0.4, 0.5) is 4.39 Å². The van der Waals surface area contributed by atoms with E-state index in [1.807, 2.05) is 54.6 Å². The Kier molecular flexibility index (Phi) is 4.76. The van der Waals surface area contributed by atoms with Crippen LogP contribution in [0.3, 0.4) is 0 Å². The molecule has 28 heavy (non-hydrogen) atoms. The van der Waals surface area contributed by atoms with Crippen LogP contribution in [0.2, 0.25) is 0 Å². The van der Waals surface area contributed by atoms with Crippen LogP contribution in [0.1, 0.15) is 10.4 Å². The fraction of sp³-hybridized carbons (Fsp3) is 0.0909. The minimum atomic E-state index is -0.582. The Balaban J connectivity index is 1.49. The molecule has 6 heteroatoms. The summed E-state index contributed by atoms with van der Waals surface area (Å²) in [7, 11) is 0. The van der Waals surface area contributed by atoms with Crippen LogP contribution in [0.15, 0.2) is 77.6 Å². The molecular weight excluding hydrogens is 357 g/mol. The first kappa shape index (κ1) is 17.7. The predicted molar refractivity (Wildman–Crippen MR) is 107 cm³/mol. The number of fused-ring (bicyclic) bond motifs is 1. The molecule has 140 valence electrons. The van der Waals surface area contributed by atoms with Gasteiger partial charge in [0, 0.05) is 13.1 Å². The fourth-order valence-corrected chi connectivity index (χ4v) is 3.21. The van der Waals surface area contributed by atoms with Gasteiger partial charge in [-0.3, -0.25) is 9.36 Å². The Bertz CT molecular complexity index is 1200. The highest BCUT2D eigenvalue weighted by atomic mass is 19.1. The quantitative estimate of drug-likeness (QED) is 0.560. The van der Waals surface area contributed by atoms with E-state index in [4.69, 9.17) is 0 Å². The van der Waals surface area contributed by atoms with Crippen LogP contribution >= 0.6 is 0 Å². The van der Waals surface area contributed by atoms with Crippen molar-refractivity contribution in [3.63, 3.8) is 0 Å². The number of halogens is 1. The SMILES string of the molecule is O=C(NCCn1c(=O)[nH]c2ccccc21)c1cc(-c2ccccc2)ccc1F. The zero-order valence-corrected chi connectivity index (χ0v) is 15.0. The third-order valence-electron chi connectivity index (χ3n) is 4.62. The zero-order valence-electron chi connectivity index (χ0n) is 15.0. The number of benzene rings is 3. The summed E-state index contributed by atoms with van der Waals surface area (Å²) in [6.07, 6.45) is 0. The summed E-state index contributed by atoms with van der Waals surface area (Å²) >= 11 is 0. The Hall–Kier alpha value is -3.67. The first-order chi connectivity index (χ1) is 13.6. The van der Waals surface area contributed by atoms with E-state index < -0.39 is 11.7 Å². The Labute approximate surface area is 160 Å². The van der Waals surface area contributed by atoms with Gasteiger partial charge in [-0.2, -0.15) is 0 Å². The number of hydrogen-bond donors (Lipinski definition) is 2. The molecule has 0 aliphatic carbocycles. The molecule has 0 aliphatic rings. The molecule has 3 aromatic carbocycles. The molecule has 0 atom stereocenters. The van der Waals surface area contributed by atoms with Gasteiger partial charge >= 0.3 is 5.69 Å². The number of aromatic nitrogens is 2. The zero-order chi connectivity index (χ0) is 19.5. The highest BCUT2D eigenvalue weighted by Gasteiger charge is 2.13. The van der Waals surface area contributed by atoms with Crippen molar-refractivity contribution in [2.75, 3.05) is 6.54 Å². The summed E-state index contributed by atoms with van der Waals surface area (Å²) in [6.45, 7) is 0.490. The second-order valence-corrected chi connectivity index (χ2v) is 6.42. The maximum atomic E-state index is 14.2. The lowest BCUT2D eigenvalue weighted by molar-refractivity contribution is 0.0948. The summed E-state index contributed by atoms with van der Waals surface area (Å²) in [5.41, 5.74) is 2.90. The van der Waals surface area contributed by atoms with E-state index in [1.165, 1.54) is 12.1 Å². The van der Waals surface area contributed by atoms with Gasteiger partial charge in [0.1, 0.15) is 5.82 Å². The molecule has 0 saturated carbocycles. The fourth-order valence-electron chi connectivity index (χ4n) is 3.21. The van der Waals surface area contributed by atoms with Gasteiger partial charge in [-0.1, -0.05) is 48.5 Å². The van der Waals surface area contributed by atoms with Gasteiger partial charge < -0.3 is 10.3 Å². The van der Waals surface area contributed by atoms with Gasteiger partial charge in [0.15, 0.2) is 0 Å². The van der Waals surface area contributed by atoms with Crippen LogP contribution in [0.5, 0.6) is 0 Å². The van der Waals surface area contributed by atoms with Crippen molar-refractivity contribution < 1.29 is 9.18 Å². The molecule has 0 radical (unpaired) electrons. The summed E-state index contributed by atoms with van der Waals surface area (Å²) < 4.78 is 15.7. The van der Waals surface area contributed by atoms with Crippen molar-refractivity contribution in [3.8, 4) is 11.1 Å². The number of aromatic amines is 1. The maximum Gasteiger partial charge on any atom is 0.326 e. The maximum absolute atomic E-state index is 14.2. The third-order valence-corrected chi connectivity index (χ3v) is 4.62. The van der Waals surface area contributed by atoms with Gasteiger partial charge in [0.05, 0.1) is 16.6 Å². The molecule has 1 aromatic heterocycles. The summed E-state index contributed by atoms with van der Waals surface area (Å²) in [5, 5.41) is 2.70. The average Bonchev–Trinajstić information content (AvgIpc) is 3.04. The van der Waals surface area contributed by atoms with Gasteiger partial charge in [-0.05, 0) is 35.4 Å². The average molecular weight is 375 g/mol. The van der Waals surface area contributed by atoms with Crippen LogP contribution in [0, 0.1) is 5.82 Å². The largest absolute Gasteiger partial charge is 0.350 e. The monoisotopic (exact) mass is 375 g/mol. The van der Waals surface area contributed by atoms with Gasteiger partial charge in [0.2, 0.25) is 0 Å². The lowest BCUT2D eigenvalue weighted by Gasteiger charge is -2.09. The second kappa shape index (κ2) is 7.52. The van der Waals surface area contributed by atoms with Gasteiger partial charge in [-0.25, -0.2) is 9.18 Å². The van der Waals surface area contributed by atoms with Crippen molar-refractivity contribution in [2.24, 2.45) is 0 Å². The molecule has 5 nitrogen and oxygen atoms in total. The van der Waals surface area contributed by atoms with E-state index in [1.54, 1.807) is 10.6 Å². The smallest absolute Gasteiger partial charge is 0.326 e. The van der Waals surface area contributed by atoms with E-state index in [9.17, 15) is 14.0 Å². The second-order valence-electron chi connectivity index (χ2n) is 6.42. The number of imidazole rings is 1. The van der Waals surface area contributed by atoms with Crippen molar-refractivity contribution in [2.45, 2.75) is 6.54 Å². The lowest BCUT2D eigenvalue weighted by atomic mass is 10.0. The molecular formula is C22H18FN3O2. The number of carbonyl (C=O) groups is 1. The molecule has 1 amide bonds. The van der Waals surface area contributed by atoms with E-state index in [0.717, 1.165) is 22.2 Å². The van der Waals surface area contributed by atoms with Crippen LogP contribution in [-0.2, 0) is 6.54 Å². The molecule has 2 N–H and O–H groups in total. The van der Waals surface area contributed by atoms with Gasteiger partial charge in [0.25, 0.3) is 5.91 Å². The molecule has 0 spiro atoms. The van der Waals surface area contributed by atoms with Gasteiger partial charge in [-0.15, -0.1) is 0 Å². The first-order valence-electron chi connectivity index (χ1n) is 8.94. The van der Waals surface area contributed by atoms with Crippen molar-refractivity contribution in [3.05, 3.63) is 94.7 Å². The summed E-state index contributed by atoms with van der Waals surface area (Å²) in [4.78, 5) is 27.3. The molecule has 0 unspecified atom stereocenters. The summed E-state index contributed by atoms with van der Waals surface area (Å²) in [5.74, 6) is -1.09. The minimum Gasteiger partial charge on any atom is -0.350 e. The lowest BCUT2D eigenvalue weighted by Crippen LogP contribution is -2.30. The number of H-pyrrole nitrogens is 1. The molecule has 0 bridgehead atoms. The molecule has 4 aromatic rings. The molecule has 0 aliphatic heterocycles. The van der Waals surface area contributed by atoms with Crippen LogP contribution in [-0.4, -0.2) is 22.0 Å². The number of carbonyl (C=O) groups excluding carboxylic acids is 1. The highest BCUT2D eigenvalue weighted by Crippen LogP contribution is 2.22. The predicted octanol–water partition coefficient (Wildman–Crippen LogP) is 3.57.